The third-order valence-corrected chi connectivity index (χ3v) is 20.4. The topological polar surface area (TPSA) is 237 Å². The maximum absolute atomic E-state index is 13.1. The zero-order valence-corrected chi connectivity index (χ0v) is 65.9. The molecule has 0 aromatic heterocycles. The summed E-state index contributed by atoms with van der Waals surface area (Å²) >= 11 is 0. The minimum Gasteiger partial charge on any atom is -0.462 e. The lowest BCUT2D eigenvalue weighted by atomic mass is 10.0. The van der Waals surface area contributed by atoms with E-state index in [2.05, 4.69) is 41.5 Å². The Morgan fingerprint density at radius 3 is 0.694 bits per heavy atom. The van der Waals surface area contributed by atoms with Gasteiger partial charge in [-0.3, -0.25) is 37.3 Å². The Balaban J connectivity index is 5.22. The van der Waals surface area contributed by atoms with E-state index in [4.69, 9.17) is 37.0 Å². The van der Waals surface area contributed by atoms with Gasteiger partial charge in [0.05, 0.1) is 26.4 Å². The van der Waals surface area contributed by atoms with Crippen LogP contribution in [0.2, 0.25) is 0 Å². The van der Waals surface area contributed by atoms with Crippen LogP contribution in [0.25, 0.3) is 0 Å². The first-order chi connectivity index (χ1) is 47.4. The van der Waals surface area contributed by atoms with Crippen LogP contribution in [-0.4, -0.2) is 96.7 Å². The van der Waals surface area contributed by atoms with Gasteiger partial charge in [-0.1, -0.05) is 363 Å². The quantitative estimate of drug-likeness (QED) is 0.0222. The first kappa shape index (κ1) is 96.1. The summed E-state index contributed by atoms with van der Waals surface area (Å²) in [7, 11) is -9.91. The molecule has 0 heterocycles. The number of carbonyl (C=O) groups excluding carboxylic acids is 4. The number of aliphatic hydroxyl groups is 1. The van der Waals surface area contributed by atoms with Gasteiger partial charge < -0.3 is 33.8 Å². The molecular formula is C79H154O17P2. The molecule has 19 heteroatoms. The number of esters is 4. The van der Waals surface area contributed by atoms with Gasteiger partial charge in [0.2, 0.25) is 0 Å². The first-order valence-electron chi connectivity index (χ1n) is 41.0. The van der Waals surface area contributed by atoms with E-state index >= 15 is 0 Å². The van der Waals surface area contributed by atoms with Gasteiger partial charge in [-0.25, -0.2) is 9.13 Å². The second kappa shape index (κ2) is 70.7. The van der Waals surface area contributed by atoms with Gasteiger partial charge in [-0.2, -0.15) is 0 Å². The van der Waals surface area contributed by atoms with Crippen LogP contribution in [0.1, 0.15) is 414 Å². The number of phosphoric ester groups is 2. The molecule has 0 aromatic rings. The molecule has 0 bridgehead atoms. The molecule has 98 heavy (non-hydrogen) atoms. The van der Waals surface area contributed by atoms with Crippen molar-refractivity contribution in [1.29, 1.82) is 0 Å². The van der Waals surface area contributed by atoms with Crippen molar-refractivity contribution < 1.29 is 80.2 Å². The molecule has 0 rings (SSSR count). The first-order valence-corrected chi connectivity index (χ1v) is 44.0. The smallest absolute Gasteiger partial charge is 0.462 e. The van der Waals surface area contributed by atoms with E-state index in [0.717, 1.165) is 102 Å². The van der Waals surface area contributed by atoms with E-state index in [1.165, 1.54) is 231 Å². The largest absolute Gasteiger partial charge is 0.472 e. The minimum atomic E-state index is -4.96. The van der Waals surface area contributed by atoms with Gasteiger partial charge in [0.15, 0.2) is 12.2 Å². The van der Waals surface area contributed by atoms with Crippen molar-refractivity contribution in [2.24, 2.45) is 11.8 Å². The fourth-order valence-electron chi connectivity index (χ4n) is 12.2. The molecule has 0 saturated heterocycles. The molecule has 0 aliphatic carbocycles. The van der Waals surface area contributed by atoms with E-state index in [1.807, 2.05) is 0 Å². The fraction of sp³-hybridized carbons (Fsp3) is 0.949. The lowest BCUT2D eigenvalue weighted by Gasteiger charge is -2.21. The van der Waals surface area contributed by atoms with Crippen molar-refractivity contribution in [2.75, 3.05) is 39.6 Å². The van der Waals surface area contributed by atoms with Gasteiger partial charge in [-0.15, -0.1) is 0 Å². The predicted octanol–water partition coefficient (Wildman–Crippen LogP) is 23.5. The second-order valence-corrected chi connectivity index (χ2v) is 32.3. The fourth-order valence-corrected chi connectivity index (χ4v) is 13.8. The van der Waals surface area contributed by atoms with Crippen molar-refractivity contribution >= 4 is 39.5 Å². The molecule has 5 atom stereocenters. The van der Waals surface area contributed by atoms with Crippen LogP contribution in [0.4, 0.5) is 0 Å². The number of hydrogen-bond donors (Lipinski definition) is 3. The summed E-state index contributed by atoms with van der Waals surface area (Å²) in [6, 6.07) is 0. The highest BCUT2D eigenvalue weighted by Gasteiger charge is 2.30. The summed E-state index contributed by atoms with van der Waals surface area (Å²) in [5.41, 5.74) is 0. The van der Waals surface area contributed by atoms with Gasteiger partial charge >= 0.3 is 39.5 Å². The highest BCUT2D eigenvalue weighted by atomic mass is 31.2. The molecule has 0 radical (unpaired) electrons. The van der Waals surface area contributed by atoms with Crippen LogP contribution in [0, 0.1) is 11.8 Å². The van der Waals surface area contributed by atoms with Crippen molar-refractivity contribution in [2.45, 2.75) is 432 Å². The Morgan fingerprint density at radius 2 is 0.469 bits per heavy atom. The molecule has 0 aromatic carbocycles. The Kier molecular flexibility index (Phi) is 69.3. The van der Waals surface area contributed by atoms with Crippen molar-refractivity contribution in [3.05, 3.63) is 0 Å². The number of phosphoric acid groups is 2. The van der Waals surface area contributed by atoms with E-state index in [-0.39, 0.29) is 25.7 Å². The molecule has 0 aliphatic heterocycles. The predicted molar refractivity (Wildman–Crippen MR) is 400 cm³/mol. The molecule has 0 saturated carbocycles. The van der Waals surface area contributed by atoms with Crippen LogP contribution in [-0.2, 0) is 65.4 Å². The number of carbonyl (C=O) groups is 4. The zero-order valence-electron chi connectivity index (χ0n) is 64.1. The Bertz CT molecular complexity index is 1890. The number of ether oxygens (including phenoxy) is 4. The van der Waals surface area contributed by atoms with Crippen LogP contribution in [0.15, 0.2) is 0 Å². The van der Waals surface area contributed by atoms with Gasteiger partial charge in [0, 0.05) is 25.7 Å². The summed E-state index contributed by atoms with van der Waals surface area (Å²) in [4.78, 5) is 72.9. The molecule has 2 unspecified atom stereocenters. The molecule has 0 amide bonds. The minimum absolute atomic E-state index is 0.108. The summed E-state index contributed by atoms with van der Waals surface area (Å²) < 4.78 is 68.6. The van der Waals surface area contributed by atoms with Crippen molar-refractivity contribution in [1.82, 2.24) is 0 Å². The van der Waals surface area contributed by atoms with E-state index < -0.39 is 97.5 Å². The third-order valence-electron chi connectivity index (χ3n) is 18.5. The van der Waals surface area contributed by atoms with Crippen molar-refractivity contribution in [3.63, 3.8) is 0 Å². The Labute approximate surface area is 600 Å². The molecule has 17 nitrogen and oxygen atoms in total. The molecule has 3 N–H and O–H groups in total. The van der Waals surface area contributed by atoms with Gasteiger partial charge in [0.25, 0.3) is 0 Å². The van der Waals surface area contributed by atoms with Crippen LogP contribution < -0.4 is 0 Å². The van der Waals surface area contributed by atoms with E-state index in [9.17, 15) is 43.2 Å². The number of hydrogen-bond acceptors (Lipinski definition) is 15. The highest BCUT2D eigenvalue weighted by Crippen LogP contribution is 2.45. The van der Waals surface area contributed by atoms with Crippen molar-refractivity contribution in [3.8, 4) is 0 Å². The summed E-state index contributed by atoms with van der Waals surface area (Å²) in [6.45, 7) is 9.66. The number of unbranched alkanes of at least 4 members (excludes halogenated alkanes) is 48. The molecule has 0 aliphatic rings. The van der Waals surface area contributed by atoms with Crippen LogP contribution in [0.5, 0.6) is 0 Å². The summed E-state index contributed by atoms with van der Waals surface area (Å²) in [5.74, 6) is -0.502. The number of rotatable bonds is 78. The molecule has 0 fully saturated rings. The maximum Gasteiger partial charge on any atom is 0.472 e. The summed E-state index contributed by atoms with van der Waals surface area (Å²) in [5, 5.41) is 10.6. The normalized spacial score (nSPS) is 13.9. The molecule has 582 valence electrons. The Morgan fingerprint density at radius 1 is 0.276 bits per heavy atom. The lowest BCUT2D eigenvalue weighted by Crippen LogP contribution is -2.30. The summed E-state index contributed by atoms with van der Waals surface area (Å²) in [6.07, 6.45) is 59.6. The van der Waals surface area contributed by atoms with Crippen LogP contribution in [0.3, 0.4) is 0 Å². The Hall–Kier alpha value is -1.94. The SMILES string of the molecule is CCCCCCCCCCCCCCCC(=O)O[C@H](COC(=O)CCCCCCCCCCC)COP(=O)(O)OC[C@H](O)COP(=O)(O)OC[C@@H](COC(=O)CCCCCCCCCCCCCCCCC(C)C)OC(=O)CCCCCCCCCCCCCCCCCCC(C)C. The van der Waals surface area contributed by atoms with Gasteiger partial charge in [0.1, 0.15) is 19.3 Å². The molecule has 0 spiro atoms. The number of aliphatic hydroxyl groups excluding tert-OH is 1. The second-order valence-electron chi connectivity index (χ2n) is 29.4. The zero-order chi connectivity index (χ0) is 72.1. The van der Waals surface area contributed by atoms with E-state index in [1.54, 1.807) is 0 Å². The van der Waals surface area contributed by atoms with Gasteiger partial charge in [-0.05, 0) is 37.5 Å². The van der Waals surface area contributed by atoms with Crippen LogP contribution >= 0.6 is 15.6 Å². The van der Waals surface area contributed by atoms with E-state index in [0.29, 0.717) is 25.7 Å². The standard InChI is InChI=1S/C79H154O17P2/c1-7-9-11-13-15-17-18-25-33-39-45-51-57-63-78(83)95-74(67-89-76(81)61-55-49-43-35-16-14-12-10-8-2)69-93-97(85,86)91-65-73(80)66-92-98(87,88)94-70-75(68-90-77(82)62-56-50-44-38-32-28-24-23-27-31-37-42-48-54-60-72(5)6)96-79(84)64-58-52-46-40-34-29-22-20-19-21-26-30-36-41-47-53-59-71(3)4/h71-75,80H,7-70H2,1-6H3,(H,85,86)(H,87,88)/t73-,74+,75+/m0/s1. The lowest BCUT2D eigenvalue weighted by molar-refractivity contribution is -0.161. The third kappa shape index (κ3) is 72.4. The molecular weight excluding hydrogens is 1280 g/mol. The monoisotopic (exact) mass is 1440 g/mol. The maximum atomic E-state index is 13.1. The average Bonchev–Trinajstić information content (AvgIpc) is 1.02. The average molecular weight is 1440 g/mol. The highest BCUT2D eigenvalue weighted by molar-refractivity contribution is 7.47.